The van der Waals surface area contributed by atoms with Crippen molar-refractivity contribution >= 4 is 67.6 Å². The second-order valence-corrected chi connectivity index (χ2v) is 9.90. The Hall–Kier alpha value is -2.25. The monoisotopic (exact) mass is 512 g/mol. The van der Waals surface area contributed by atoms with Crippen molar-refractivity contribution in [1.82, 2.24) is 8.97 Å². The molecule has 148 valence electrons. The normalized spacial score (nSPS) is 11.4. The van der Waals surface area contributed by atoms with Crippen molar-refractivity contribution < 1.29 is 0 Å². The van der Waals surface area contributed by atoms with Crippen LogP contribution in [-0.4, -0.2) is 8.97 Å². The predicted octanol–water partition coefficient (Wildman–Crippen LogP) is 7.18. The first kappa shape index (κ1) is 19.7. The van der Waals surface area contributed by atoms with Gasteiger partial charge in [0.05, 0.1) is 22.3 Å². The number of nitrogens with zero attached hydrogens (tertiary/aromatic N) is 2. The van der Waals surface area contributed by atoms with Gasteiger partial charge in [0.2, 0.25) is 0 Å². The van der Waals surface area contributed by atoms with Crippen LogP contribution in [0, 0.1) is 3.95 Å². The lowest BCUT2D eigenvalue weighted by atomic mass is 10.1. The maximum atomic E-state index is 13.6. The third-order valence-corrected chi connectivity index (χ3v) is 7.12. The van der Waals surface area contributed by atoms with E-state index in [4.69, 9.17) is 23.8 Å². The molecule has 3 nitrogen and oxygen atoms in total. The van der Waals surface area contributed by atoms with Gasteiger partial charge in [-0.2, -0.15) is 0 Å². The zero-order valence-electron chi connectivity index (χ0n) is 15.5. The summed E-state index contributed by atoms with van der Waals surface area (Å²) in [5.41, 5.74) is 3.53. The van der Waals surface area contributed by atoms with Crippen LogP contribution in [0.4, 0.5) is 0 Å². The smallest absolute Gasteiger partial charge is 0.261 e. The predicted molar refractivity (Wildman–Crippen MR) is 132 cm³/mol. The van der Waals surface area contributed by atoms with Crippen molar-refractivity contribution in [3.05, 3.63) is 102 Å². The van der Waals surface area contributed by atoms with E-state index in [0.29, 0.717) is 20.9 Å². The zero-order valence-corrected chi connectivity index (χ0v) is 19.5. The van der Waals surface area contributed by atoms with Crippen LogP contribution in [0.3, 0.4) is 0 Å². The molecule has 5 rings (SSSR count). The molecule has 0 aliphatic heterocycles. The maximum Gasteiger partial charge on any atom is 0.261 e. The molecule has 0 aliphatic carbocycles. The van der Waals surface area contributed by atoms with E-state index >= 15 is 0 Å². The van der Waals surface area contributed by atoms with Gasteiger partial charge in [-0.05, 0) is 59.7 Å². The van der Waals surface area contributed by atoms with Gasteiger partial charge in [-0.3, -0.25) is 13.8 Å². The van der Waals surface area contributed by atoms with Crippen molar-refractivity contribution in [2.24, 2.45) is 0 Å². The molecule has 0 atom stereocenters. The third-order valence-electron chi connectivity index (χ3n) is 4.98. The van der Waals surface area contributed by atoms with E-state index in [9.17, 15) is 4.79 Å². The topological polar surface area (TPSA) is 26.4 Å². The van der Waals surface area contributed by atoms with E-state index in [1.165, 1.54) is 11.3 Å². The molecule has 0 saturated heterocycles. The Morgan fingerprint density at radius 3 is 2.60 bits per heavy atom. The highest BCUT2D eigenvalue weighted by Gasteiger charge is 2.18. The Kier molecular flexibility index (Phi) is 5.11. The largest absolute Gasteiger partial charge is 0.288 e. The van der Waals surface area contributed by atoms with Gasteiger partial charge in [-0.1, -0.05) is 63.9 Å². The average molecular weight is 514 g/mol. The minimum Gasteiger partial charge on any atom is -0.288 e. The fraction of sp³-hybridized carbons (Fsp3) is 0.0435. The molecule has 0 bridgehead atoms. The summed E-state index contributed by atoms with van der Waals surface area (Å²) >= 11 is 17.0. The van der Waals surface area contributed by atoms with Crippen molar-refractivity contribution in [1.29, 1.82) is 0 Å². The van der Waals surface area contributed by atoms with Crippen molar-refractivity contribution in [2.45, 2.75) is 6.54 Å². The number of hydrogen-bond donors (Lipinski definition) is 0. The molecule has 2 aromatic heterocycles. The highest BCUT2D eigenvalue weighted by atomic mass is 79.9. The van der Waals surface area contributed by atoms with Gasteiger partial charge in [0, 0.05) is 9.50 Å². The van der Waals surface area contributed by atoms with Crippen molar-refractivity contribution in [3.8, 4) is 10.4 Å². The zero-order chi connectivity index (χ0) is 20.8. The van der Waals surface area contributed by atoms with E-state index in [0.717, 1.165) is 31.6 Å². The standard InChI is InChI=1S/C23H14BrClN2OS2/c24-16-7-3-5-14(11-16)13-26-21-20(15-6-4-8-17(25)12-15)30-23(29)27(21)19-10-2-1-9-18(19)22(26)28/h1-12H,13H2. The van der Waals surface area contributed by atoms with Gasteiger partial charge >= 0.3 is 0 Å². The minimum atomic E-state index is -0.0401. The van der Waals surface area contributed by atoms with Gasteiger partial charge in [0.25, 0.3) is 5.56 Å². The molecule has 0 N–H and O–H groups in total. The Bertz CT molecular complexity index is 1550. The highest BCUT2D eigenvalue weighted by molar-refractivity contribution is 9.10. The summed E-state index contributed by atoms with van der Waals surface area (Å²) in [6.45, 7) is 0.436. The van der Waals surface area contributed by atoms with Crippen molar-refractivity contribution in [3.63, 3.8) is 0 Å². The molecule has 0 amide bonds. The number of para-hydroxylation sites is 1. The first-order chi connectivity index (χ1) is 14.5. The molecule has 3 aromatic carbocycles. The van der Waals surface area contributed by atoms with E-state index < -0.39 is 0 Å². The highest BCUT2D eigenvalue weighted by Crippen LogP contribution is 2.34. The van der Waals surface area contributed by atoms with Crippen LogP contribution in [-0.2, 0) is 6.54 Å². The van der Waals surface area contributed by atoms with Gasteiger partial charge in [0.1, 0.15) is 5.65 Å². The molecule has 0 unspecified atom stereocenters. The summed E-state index contributed by atoms with van der Waals surface area (Å²) in [4.78, 5) is 14.5. The lowest BCUT2D eigenvalue weighted by Crippen LogP contribution is -2.23. The minimum absolute atomic E-state index is 0.0401. The molecule has 0 radical (unpaired) electrons. The van der Waals surface area contributed by atoms with Gasteiger partial charge < -0.3 is 0 Å². The van der Waals surface area contributed by atoms with Crippen LogP contribution in [0.1, 0.15) is 5.56 Å². The first-order valence-electron chi connectivity index (χ1n) is 9.20. The molecule has 2 heterocycles. The van der Waals surface area contributed by atoms with Crippen LogP contribution >= 0.6 is 51.1 Å². The SMILES string of the molecule is O=c1c2ccccc2n2c(=S)sc(-c3cccc(Cl)c3)c2n1Cc1cccc(Br)c1. The summed E-state index contributed by atoms with van der Waals surface area (Å²) in [7, 11) is 0. The molecule has 0 spiro atoms. The second kappa shape index (κ2) is 7.78. The Balaban J connectivity index is 1.92. The van der Waals surface area contributed by atoms with Crippen LogP contribution in [0.15, 0.2) is 82.1 Å². The molecule has 30 heavy (non-hydrogen) atoms. The van der Waals surface area contributed by atoms with Crippen LogP contribution in [0.5, 0.6) is 0 Å². The number of benzene rings is 3. The summed E-state index contributed by atoms with van der Waals surface area (Å²) < 4.78 is 5.48. The number of halogens is 2. The number of thiazole rings is 1. The molecule has 0 fully saturated rings. The lowest BCUT2D eigenvalue weighted by molar-refractivity contribution is 0.780. The summed E-state index contributed by atoms with van der Waals surface area (Å²) in [5.74, 6) is 0. The van der Waals surface area contributed by atoms with E-state index in [1.54, 1.807) is 0 Å². The van der Waals surface area contributed by atoms with Gasteiger partial charge in [-0.15, -0.1) is 11.3 Å². The quantitative estimate of drug-likeness (QED) is 0.239. The Morgan fingerprint density at radius 2 is 1.80 bits per heavy atom. The van der Waals surface area contributed by atoms with Gasteiger partial charge in [-0.25, -0.2) is 0 Å². The summed E-state index contributed by atoms with van der Waals surface area (Å²) in [6.07, 6.45) is 0. The van der Waals surface area contributed by atoms with Crippen LogP contribution in [0.2, 0.25) is 5.02 Å². The number of hydrogen-bond acceptors (Lipinski definition) is 3. The molecular formula is C23H14BrClN2OS2. The molecule has 0 saturated carbocycles. The number of aromatic nitrogens is 2. The molecule has 0 aliphatic rings. The molecular weight excluding hydrogens is 500 g/mol. The summed E-state index contributed by atoms with van der Waals surface area (Å²) in [6, 6.07) is 23.2. The van der Waals surface area contributed by atoms with E-state index in [-0.39, 0.29) is 5.56 Å². The number of rotatable bonds is 3. The fourth-order valence-electron chi connectivity index (χ4n) is 3.70. The Labute approximate surface area is 194 Å². The third kappa shape index (κ3) is 3.34. The maximum absolute atomic E-state index is 13.6. The van der Waals surface area contributed by atoms with Crippen LogP contribution in [0.25, 0.3) is 27.0 Å². The molecule has 7 heteroatoms. The molecule has 5 aromatic rings. The lowest BCUT2D eigenvalue weighted by Gasteiger charge is -2.14. The van der Waals surface area contributed by atoms with Crippen LogP contribution < -0.4 is 5.56 Å². The van der Waals surface area contributed by atoms with E-state index in [1.807, 2.05) is 81.8 Å². The van der Waals surface area contributed by atoms with Crippen molar-refractivity contribution in [2.75, 3.05) is 0 Å². The summed E-state index contributed by atoms with van der Waals surface area (Å²) in [5, 5.41) is 1.29. The average Bonchev–Trinajstić information content (AvgIpc) is 3.08. The van der Waals surface area contributed by atoms with E-state index in [2.05, 4.69) is 15.9 Å². The first-order valence-corrected chi connectivity index (χ1v) is 11.6. The fourth-order valence-corrected chi connectivity index (χ4v) is 5.76. The number of fused-ring (bicyclic) bond motifs is 3. The second-order valence-electron chi connectivity index (χ2n) is 6.90. The van der Waals surface area contributed by atoms with Gasteiger partial charge in [0.15, 0.2) is 3.95 Å². The Morgan fingerprint density at radius 1 is 1.00 bits per heavy atom.